The summed E-state index contributed by atoms with van der Waals surface area (Å²) in [6, 6.07) is 0. The topological polar surface area (TPSA) is 35.5 Å². The molecule has 3 atom stereocenters. The van der Waals surface area contributed by atoms with Crippen LogP contribution in [-0.2, 0) is 14.3 Å². The Labute approximate surface area is 72.0 Å². The minimum absolute atomic E-state index is 0.126. The summed E-state index contributed by atoms with van der Waals surface area (Å²) in [6.07, 6.45) is 4.48. The molecule has 3 heteroatoms. The van der Waals surface area contributed by atoms with E-state index in [9.17, 15) is 4.79 Å². The van der Waals surface area contributed by atoms with Crippen LogP contribution < -0.4 is 0 Å². The highest BCUT2D eigenvalue weighted by atomic mass is 16.5. The van der Waals surface area contributed by atoms with Crippen molar-refractivity contribution in [1.82, 2.24) is 0 Å². The van der Waals surface area contributed by atoms with Crippen molar-refractivity contribution in [1.29, 1.82) is 0 Å². The summed E-state index contributed by atoms with van der Waals surface area (Å²) in [5, 5.41) is 0. The zero-order chi connectivity index (χ0) is 8.55. The molecule has 1 aliphatic heterocycles. The zero-order valence-electron chi connectivity index (χ0n) is 7.29. The number of carbonyl (C=O) groups excluding carboxylic acids is 1. The second-order valence-electron chi connectivity index (χ2n) is 3.65. The van der Waals surface area contributed by atoms with Gasteiger partial charge in [-0.2, -0.15) is 0 Å². The zero-order valence-corrected chi connectivity index (χ0v) is 7.29. The van der Waals surface area contributed by atoms with E-state index in [-0.39, 0.29) is 12.1 Å². The lowest BCUT2D eigenvalue weighted by Crippen LogP contribution is -2.23. The molecule has 2 aliphatic rings. The standard InChI is InChI=1S/C9H14O3/c1-11-9(10)5-7-3-2-6-4-8(6)12-7/h6-8H,2-5H2,1H3/t6-,7+,8+/m0/s1. The molecule has 12 heavy (non-hydrogen) atoms. The van der Waals surface area contributed by atoms with Crippen molar-refractivity contribution in [2.45, 2.75) is 37.9 Å². The minimum atomic E-state index is -0.154. The molecule has 0 aromatic rings. The maximum Gasteiger partial charge on any atom is 0.308 e. The smallest absolute Gasteiger partial charge is 0.308 e. The number of hydrogen-bond donors (Lipinski definition) is 0. The van der Waals surface area contributed by atoms with Crippen molar-refractivity contribution in [3.63, 3.8) is 0 Å². The van der Waals surface area contributed by atoms with E-state index in [1.165, 1.54) is 20.0 Å². The Morgan fingerprint density at radius 2 is 2.42 bits per heavy atom. The number of fused-ring (bicyclic) bond motifs is 1. The minimum Gasteiger partial charge on any atom is -0.469 e. The first-order valence-electron chi connectivity index (χ1n) is 4.52. The average Bonchev–Trinajstić information content (AvgIpc) is 2.82. The molecule has 0 unspecified atom stereocenters. The Kier molecular flexibility index (Phi) is 2.05. The third-order valence-electron chi connectivity index (χ3n) is 2.71. The maximum absolute atomic E-state index is 10.9. The quantitative estimate of drug-likeness (QED) is 0.582. The molecule has 1 aliphatic carbocycles. The van der Waals surface area contributed by atoms with Crippen LogP contribution in [0.5, 0.6) is 0 Å². The monoisotopic (exact) mass is 170 g/mol. The number of ether oxygens (including phenoxy) is 2. The highest BCUT2D eigenvalue weighted by Crippen LogP contribution is 2.43. The van der Waals surface area contributed by atoms with Gasteiger partial charge in [0.25, 0.3) is 0 Å². The summed E-state index contributed by atoms with van der Waals surface area (Å²) in [6.45, 7) is 0. The van der Waals surface area contributed by atoms with E-state index in [1.54, 1.807) is 0 Å². The van der Waals surface area contributed by atoms with E-state index in [4.69, 9.17) is 4.74 Å². The Morgan fingerprint density at radius 3 is 3.08 bits per heavy atom. The van der Waals surface area contributed by atoms with Gasteiger partial charge in [-0.25, -0.2) is 0 Å². The lowest BCUT2D eigenvalue weighted by atomic mass is 10.1. The number of carbonyl (C=O) groups is 1. The van der Waals surface area contributed by atoms with Crippen LogP contribution in [0.15, 0.2) is 0 Å². The molecule has 2 fully saturated rings. The molecule has 1 heterocycles. The van der Waals surface area contributed by atoms with Crippen molar-refractivity contribution in [3.8, 4) is 0 Å². The predicted octanol–water partition coefficient (Wildman–Crippen LogP) is 1.12. The summed E-state index contributed by atoms with van der Waals surface area (Å²) in [4.78, 5) is 10.9. The predicted molar refractivity (Wildman–Crippen MR) is 42.6 cm³/mol. The van der Waals surface area contributed by atoms with Gasteiger partial charge in [0.05, 0.1) is 25.7 Å². The molecule has 68 valence electrons. The fourth-order valence-corrected chi connectivity index (χ4v) is 1.82. The Bertz CT molecular complexity index is 190. The first kappa shape index (κ1) is 8.05. The molecule has 0 aromatic heterocycles. The van der Waals surface area contributed by atoms with E-state index < -0.39 is 0 Å². The lowest BCUT2D eigenvalue weighted by molar-refractivity contribution is -0.145. The van der Waals surface area contributed by atoms with Gasteiger partial charge in [-0.1, -0.05) is 0 Å². The van der Waals surface area contributed by atoms with Gasteiger partial charge < -0.3 is 9.47 Å². The van der Waals surface area contributed by atoms with Crippen molar-refractivity contribution >= 4 is 5.97 Å². The molecule has 3 nitrogen and oxygen atoms in total. The van der Waals surface area contributed by atoms with Gasteiger partial charge in [0.15, 0.2) is 0 Å². The molecular formula is C9H14O3. The van der Waals surface area contributed by atoms with Crippen LogP contribution >= 0.6 is 0 Å². The van der Waals surface area contributed by atoms with E-state index >= 15 is 0 Å². The van der Waals surface area contributed by atoms with Gasteiger partial charge in [0, 0.05) is 0 Å². The second-order valence-corrected chi connectivity index (χ2v) is 3.65. The van der Waals surface area contributed by atoms with Crippen LogP contribution in [0.3, 0.4) is 0 Å². The summed E-state index contributed by atoms with van der Waals surface area (Å²) >= 11 is 0. The van der Waals surface area contributed by atoms with Gasteiger partial charge in [0.1, 0.15) is 0 Å². The largest absolute Gasteiger partial charge is 0.469 e. The van der Waals surface area contributed by atoms with E-state index in [1.807, 2.05) is 0 Å². The normalized spacial score (nSPS) is 38.6. The van der Waals surface area contributed by atoms with Crippen molar-refractivity contribution < 1.29 is 14.3 Å². The molecule has 0 radical (unpaired) electrons. The summed E-state index contributed by atoms with van der Waals surface area (Å²) in [5.41, 5.74) is 0. The first-order chi connectivity index (χ1) is 5.79. The Balaban J connectivity index is 1.77. The Morgan fingerprint density at radius 1 is 1.58 bits per heavy atom. The van der Waals surface area contributed by atoms with E-state index in [2.05, 4.69) is 4.74 Å². The fraction of sp³-hybridized carbons (Fsp3) is 0.889. The maximum atomic E-state index is 10.9. The van der Waals surface area contributed by atoms with E-state index in [0.717, 1.165) is 12.3 Å². The molecular weight excluding hydrogens is 156 g/mol. The molecule has 0 spiro atoms. The molecule has 0 aromatic carbocycles. The third kappa shape index (κ3) is 1.61. The average molecular weight is 170 g/mol. The summed E-state index contributed by atoms with van der Waals surface area (Å²) < 4.78 is 10.2. The highest BCUT2D eigenvalue weighted by Gasteiger charge is 2.43. The molecule has 0 amide bonds. The third-order valence-corrected chi connectivity index (χ3v) is 2.71. The first-order valence-corrected chi connectivity index (χ1v) is 4.52. The van der Waals surface area contributed by atoms with Gasteiger partial charge in [-0.3, -0.25) is 4.79 Å². The lowest BCUT2D eigenvalue weighted by Gasteiger charge is -2.20. The van der Waals surface area contributed by atoms with Gasteiger partial charge in [0.2, 0.25) is 0 Å². The number of hydrogen-bond acceptors (Lipinski definition) is 3. The van der Waals surface area contributed by atoms with Crippen molar-refractivity contribution in [2.24, 2.45) is 5.92 Å². The molecule has 0 N–H and O–H groups in total. The molecule has 1 saturated carbocycles. The van der Waals surface area contributed by atoms with Gasteiger partial charge >= 0.3 is 5.97 Å². The summed E-state index contributed by atoms with van der Waals surface area (Å²) in [7, 11) is 1.42. The molecule has 0 bridgehead atoms. The van der Waals surface area contributed by atoms with Crippen LogP contribution in [0.2, 0.25) is 0 Å². The van der Waals surface area contributed by atoms with Crippen molar-refractivity contribution in [2.75, 3.05) is 7.11 Å². The molecule has 2 rings (SSSR count). The van der Waals surface area contributed by atoms with Crippen molar-refractivity contribution in [3.05, 3.63) is 0 Å². The van der Waals surface area contributed by atoms with Crippen LogP contribution in [0.4, 0.5) is 0 Å². The van der Waals surface area contributed by atoms with Gasteiger partial charge in [-0.05, 0) is 25.2 Å². The molecule has 1 saturated heterocycles. The Hall–Kier alpha value is -0.570. The SMILES string of the molecule is COC(=O)C[C@H]1CC[C@H]2C[C@H]2O1. The number of esters is 1. The summed E-state index contributed by atoms with van der Waals surface area (Å²) in [5.74, 6) is 0.651. The number of rotatable bonds is 2. The van der Waals surface area contributed by atoms with Crippen LogP contribution in [0, 0.1) is 5.92 Å². The van der Waals surface area contributed by atoms with Gasteiger partial charge in [-0.15, -0.1) is 0 Å². The van der Waals surface area contributed by atoms with Crippen LogP contribution in [-0.4, -0.2) is 25.3 Å². The second kappa shape index (κ2) is 3.05. The van der Waals surface area contributed by atoms with E-state index in [0.29, 0.717) is 12.5 Å². The van der Waals surface area contributed by atoms with Crippen LogP contribution in [0.25, 0.3) is 0 Å². The number of methoxy groups -OCH3 is 1. The van der Waals surface area contributed by atoms with Crippen LogP contribution in [0.1, 0.15) is 25.7 Å². The highest BCUT2D eigenvalue weighted by molar-refractivity contribution is 5.69. The fourth-order valence-electron chi connectivity index (χ4n) is 1.82.